The number of benzene rings is 1. The topological polar surface area (TPSA) is 69.9 Å². The molecule has 1 aromatic carbocycles. The Balaban J connectivity index is 1.52. The Bertz CT molecular complexity index is 973. The molecular weight excluding hydrogens is 428 g/mol. The van der Waals surface area contributed by atoms with Crippen LogP contribution in [0.3, 0.4) is 0 Å². The third-order valence-electron chi connectivity index (χ3n) is 4.32. The van der Waals surface area contributed by atoms with Crippen LogP contribution in [0.2, 0.25) is 0 Å². The predicted octanol–water partition coefficient (Wildman–Crippen LogP) is 4.42. The van der Waals surface area contributed by atoms with Crippen molar-refractivity contribution < 1.29 is 9.53 Å². The highest BCUT2D eigenvalue weighted by Crippen LogP contribution is 2.41. The molecule has 0 radical (unpaired) electrons. The van der Waals surface area contributed by atoms with Crippen molar-refractivity contribution in [2.75, 3.05) is 12.9 Å². The molecule has 27 heavy (non-hydrogen) atoms. The van der Waals surface area contributed by atoms with Gasteiger partial charge in [0.25, 0.3) is 0 Å². The van der Waals surface area contributed by atoms with E-state index in [1.54, 1.807) is 37.7 Å². The van der Waals surface area contributed by atoms with E-state index in [1.807, 2.05) is 12.1 Å². The molecule has 4 rings (SSSR count). The average Bonchev–Trinajstić information content (AvgIpc) is 3.45. The molecule has 2 aromatic heterocycles. The molecular formula is C19H17BrN4O2S. The summed E-state index contributed by atoms with van der Waals surface area (Å²) in [5.74, 6) is 1.89. The molecule has 1 aliphatic carbocycles. The highest BCUT2D eigenvalue weighted by molar-refractivity contribution is 9.10. The van der Waals surface area contributed by atoms with Gasteiger partial charge in [-0.05, 0) is 59.1 Å². The fourth-order valence-corrected chi connectivity index (χ4v) is 4.23. The van der Waals surface area contributed by atoms with Gasteiger partial charge in [-0.2, -0.15) is 0 Å². The van der Waals surface area contributed by atoms with Crippen LogP contribution in [0.4, 0.5) is 0 Å². The molecule has 2 heterocycles. The minimum atomic E-state index is 0.0409. The maximum absolute atomic E-state index is 12.6. The fourth-order valence-electron chi connectivity index (χ4n) is 2.79. The molecule has 0 aliphatic heterocycles. The second kappa shape index (κ2) is 7.82. The Labute approximate surface area is 169 Å². The van der Waals surface area contributed by atoms with Crippen molar-refractivity contribution in [3.63, 3.8) is 0 Å². The summed E-state index contributed by atoms with van der Waals surface area (Å²) < 4.78 is 8.13. The minimum Gasteiger partial charge on any atom is -0.496 e. The van der Waals surface area contributed by atoms with E-state index in [0.29, 0.717) is 23.1 Å². The maximum Gasteiger partial charge on any atom is 0.192 e. The molecule has 138 valence electrons. The van der Waals surface area contributed by atoms with Crippen LogP contribution in [0.25, 0.3) is 11.4 Å². The largest absolute Gasteiger partial charge is 0.496 e. The Morgan fingerprint density at radius 1 is 1.26 bits per heavy atom. The quantitative estimate of drug-likeness (QED) is 0.396. The van der Waals surface area contributed by atoms with Crippen LogP contribution < -0.4 is 4.74 Å². The SMILES string of the molecule is COc1ccc(C(=O)CSc2nnc(-c3ccncc3)n2C2CC2)cc1Br. The Hall–Kier alpha value is -2.19. The van der Waals surface area contributed by atoms with Crippen LogP contribution in [0.1, 0.15) is 29.2 Å². The molecule has 6 nitrogen and oxygen atoms in total. The standard InChI is InChI=1S/C19H17BrN4O2S/c1-26-17-5-2-13(10-15(17)20)16(25)11-27-19-23-22-18(24(19)14-3-4-14)12-6-8-21-9-7-12/h2,5-10,14H,3-4,11H2,1H3. The fraction of sp³-hybridized carbons (Fsp3) is 0.263. The lowest BCUT2D eigenvalue weighted by Gasteiger charge is -2.09. The summed E-state index contributed by atoms with van der Waals surface area (Å²) in [6, 6.07) is 9.62. The lowest BCUT2D eigenvalue weighted by Crippen LogP contribution is -2.05. The van der Waals surface area contributed by atoms with E-state index in [9.17, 15) is 4.79 Å². The van der Waals surface area contributed by atoms with E-state index in [0.717, 1.165) is 33.9 Å². The number of Topliss-reactive ketones (excluding diaryl/α,β-unsaturated/α-hetero) is 1. The van der Waals surface area contributed by atoms with Crippen molar-refractivity contribution in [2.45, 2.75) is 24.0 Å². The number of halogens is 1. The van der Waals surface area contributed by atoms with Gasteiger partial charge >= 0.3 is 0 Å². The van der Waals surface area contributed by atoms with Crippen LogP contribution in [0, 0.1) is 0 Å². The van der Waals surface area contributed by atoms with E-state index >= 15 is 0 Å². The molecule has 8 heteroatoms. The van der Waals surface area contributed by atoms with Crippen LogP contribution in [0.5, 0.6) is 5.75 Å². The second-order valence-corrected chi connectivity index (χ2v) is 8.00. The Kier molecular flexibility index (Phi) is 5.27. The molecule has 0 bridgehead atoms. The van der Waals surface area contributed by atoms with Gasteiger partial charge in [-0.1, -0.05) is 11.8 Å². The van der Waals surface area contributed by atoms with E-state index in [1.165, 1.54) is 11.8 Å². The first kappa shape index (κ1) is 18.2. The number of pyridine rings is 1. The van der Waals surface area contributed by atoms with Crippen molar-refractivity contribution in [2.24, 2.45) is 0 Å². The molecule has 1 aliphatic rings. The number of rotatable bonds is 7. The molecule has 1 fully saturated rings. The number of carbonyl (C=O) groups is 1. The first-order valence-corrected chi connectivity index (χ1v) is 10.3. The van der Waals surface area contributed by atoms with Gasteiger partial charge in [0.05, 0.1) is 17.3 Å². The monoisotopic (exact) mass is 444 g/mol. The number of hydrogen-bond acceptors (Lipinski definition) is 6. The number of hydrogen-bond donors (Lipinski definition) is 0. The number of nitrogens with zero attached hydrogens (tertiary/aromatic N) is 4. The number of carbonyl (C=O) groups excluding carboxylic acids is 1. The van der Waals surface area contributed by atoms with Gasteiger partial charge < -0.3 is 4.74 Å². The first-order valence-electron chi connectivity index (χ1n) is 8.52. The third kappa shape index (κ3) is 3.91. The summed E-state index contributed by atoms with van der Waals surface area (Å²) in [7, 11) is 1.60. The van der Waals surface area contributed by atoms with E-state index in [4.69, 9.17) is 4.74 Å². The molecule has 0 unspecified atom stereocenters. The van der Waals surface area contributed by atoms with Gasteiger partial charge in [0.15, 0.2) is 16.8 Å². The average molecular weight is 445 g/mol. The number of thioether (sulfide) groups is 1. The lowest BCUT2D eigenvalue weighted by molar-refractivity contribution is 0.102. The van der Waals surface area contributed by atoms with Crippen molar-refractivity contribution in [3.05, 3.63) is 52.8 Å². The lowest BCUT2D eigenvalue weighted by atomic mass is 10.1. The zero-order valence-electron chi connectivity index (χ0n) is 14.6. The number of methoxy groups -OCH3 is 1. The summed E-state index contributed by atoms with van der Waals surface area (Å²) in [5, 5.41) is 9.49. The first-order chi connectivity index (χ1) is 13.2. The zero-order valence-corrected chi connectivity index (χ0v) is 17.0. The number of ketones is 1. The van der Waals surface area contributed by atoms with Gasteiger partial charge in [0, 0.05) is 29.6 Å². The predicted molar refractivity (Wildman–Crippen MR) is 107 cm³/mol. The molecule has 0 atom stereocenters. The maximum atomic E-state index is 12.6. The molecule has 1 saturated carbocycles. The second-order valence-electron chi connectivity index (χ2n) is 6.20. The molecule has 0 N–H and O–H groups in total. The van der Waals surface area contributed by atoms with Crippen molar-refractivity contribution in [1.82, 2.24) is 19.7 Å². The van der Waals surface area contributed by atoms with Crippen molar-refractivity contribution >= 4 is 33.5 Å². The molecule has 0 amide bonds. The minimum absolute atomic E-state index is 0.0409. The van der Waals surface area contributed by atoms with Gasteiger partial charge in [-0.15, -0.1) is 10.2 Å². The summed E-state index contributed by atoms with van der Waals surface area (Å²) in [5.41, 5.74) is 1.63. The zero-order chi connectivity index (χ0) is 18.8. The van der Waals surface area contributed by atoms with Crippen molar-refractivity contribution in [1.29, 1.82) is 0 Å². The number of aromatic nitrogens is 4. The summed E-state index contributed by atoms with van der Waals surface area (Å²) in [6.45, 7) is 0. The van der Waals surface area contributed by atoms with Crippen LogP contribution in [0.15, 0.2) is 52.4 Å². The molecule has 3 aromatic rings. The highest BCUT2D eigenvalue weighted by Gasteiger charge is 2.30. The summed E-state index contributed by atoms with van der Waals surface area (Å²) in [6.07, 6.45) is 5.73. The third-order valence-corrected chi connectivity index (χ3v) is 5.88. The van der Waals surface area contributed by atoms with Crippen molar-refractivity contribution in [3.8, 4) is 17.1 Å². The normalized spacial score (nSPS) is 13.6. The van der Waals surface area contributed by atoms with Crippen LogP contribution in [-0.2, 0) is 0 Å². The Morgan fingerprint density at radius 3 is 2.70 bits per heavy atom. The van der Waals surface area contributed by atoms with E-state index in [2.05, 4.69) is 35.7 Å². The molecule has 0 saturated heterocycles. The number of ether oxygens (including phenoxy) is 1. The van der Waals surface area contributed by atoms with E-state index in [-0.39, 0.29) is 5.78 Å². The highest BCUT2D eigenvalue weighted by atomic mass is 79.9. The molecule has 0 spiro atoms. The van der Waals surface area contributed by atoms with Gasteiger partial charge in [0.1, 0.15) is 5.75 Å². The van der Waals surface area contributed by atoms with Crippen LogP contribution >= 0.6 is 27.7 Å². The summed E-state index contributed by atoms with van der Waals surface area (Å²) in [4.78, 5) is 16.7. The van der Waals surface area contributed by atoms with E-state index < -0.39 is 0 Å². The van der Waals surface area contributed by atoms with Gasteiger partial charge in [-0.25, -0.2) is 0 Å². The summed E-state index contributed by atoms with van der Waals surface area (Å²) >= 11 is 4.85. The van der Waals surface area contributed by atoms with Gasteiger partial charge in [-0.3, -0.25) is 14.3 Å². The van der Waals surface area contributed by atoms with Crippen LogP contribution in [-0.4, -0.2) is 38.4 Å². The van der Waals surface area contributed by atoms with Gasteiger partial charge in [0.2, 0.25) is 0 Å². The Morgan fingerprint density at radius 2 is 2.04 bits per heavy atom. The smallest absolute Gasteiger partial charge is 0.192 e.